The van der Waals surface area contributed by atoms with E-state index < -0.39 is 0 Å². The minimum Gasteiger partial charge on any atom is -0.385 e. The fraction of sp³-hybridized carbons (Fsp3) is 0.579. The Morgan fingerprint density at radius 3 is 2.86 bits per heavy atom. The summed E-state index contributed by atoms with van der Waals surface area (Å²) in [6.07, 6.45) is 3.37. The Hall–Kier alpha value is -1.79. The van der Waals surface area contributed by atoms with Gasteiger partial charge < -0.3 is 24.8 Å². The van der Waals surface area contributed by atoms with Crippen LogP contribution < -0.4 is 10.6 Å². The van der Waals surface area contributed by atoms with Crippen LogP contribution >= 0.6 is 24.0 Å². The molecule has 0 amide bonds. The summed E-state index contributed by atoms with van der Waals surface area (Å²) in [5.41, 5.74) is 0.679. The molecule has 29 heavy (non-hydrogen) atoms. The summed E-state index contributed by atoms with van der Waals surface area (Å²) in [6, 6.07) is 5.59. The highest BCUT2D eigenvalue weighted by atomic mass is 127. The number of rotatable bonds is 12. The van der Waals surface area contributed by atoms with E-state index in [9.17, 15) is 0 Å². The molecule has 0 atom stereocenters. The lowest BCUT2D eigenvalue weighted by atomic mass is 10.3. The Bertz CT molecular complexity index is 697. The SMILES string of the molecule is CCNC(=NCCN(C)CCCOC)NCCc1noc(-c2ccccn2)n1.I. The molecule has 0 saturated heterocycles. The standard InChI is InChI=1S/C19H31N7O2.HI/c1-4-20-19(23-12-14-26(2)13-7-15-27-3)22-11-9-17-24-18(28-25-17)16-8-5-6-10-21-16;/h5-6,8,10H,4,7,9,11-15H2,1-3H3,(H2,20,22,23);1H. The van der Waals surface area contributed by atoms with Gasteiger partial charge in [-0.25, -0.2) is 0 Å². The van der Waals surface area contributed by atoms with E-state index in [1.54, 1.807) is 13.3 Å². The predicted octanol–water partition coefficient (Wildman–Crippen LogP) is 1.82. The second-order valence-electron chi connectivity index (χ2n) is 6.32. The van der Waals surface area contributed by atoms with Crippen LogP contribution in [0.4, 0.5) is 0 Å². The maximum Gasteiger partial charge on any atom is 0.276 e. The summed E-state index contributed by atoms with van der Waals surface area (Å²) in [7, 11) is 3.83. The second kappa shape index (κ2) is 15.1. The van der Waals surface area contributed by atoms with Crippen LogP contribution in [-0.2, 0) is 11.2 Å². The predicted molar refractivity (Wildman–Crippen MR) is 125 cm³/mol. The van der Waals surface area contributed by atoms with E-state index in [-0.39, 0.29) is 24.0 Å². The molecule has 0 bridgehead atoms. The molecule has 0 unspecified atom stereocenters. The van der Waals surface area contributed by atoms with Crippen LogP contribution in [0.1, 0.15) is 19.2 Å². The fourth-order valence-electron chi connectivity index (χ4n) is 2.51. The van der Waals surface area contributed by atoms with Crippen LogP contribution in [0.3, 0.4) is 0 Å². The van der Waals surface area contributed by atoms with Gasteiger partial charge in [0.25, 0.3) is 5.89 Å². The molecule has 2 heterocycles. The number of likely N-dealkylation sites (N-methyl/N-ethyl adjacent to an activating group) is 1. The summed E-state index contributed by atoms with van der Waals surface area (Å²) >= 11 is 0. The summed E-state index contributed by atoms with van der Waals surface area (Å²) in [5.74, 6) is 1.87. The van der Waals surface area contributed by atoms with E-state index >= 15 is 0 Å². The van der Waals surface area contributed by atoms with E-state index in [0.29, 0.717) is 30.4 Å². The molecule has 2 aromatic heterocycles. The van der Waals surface area contributed by atoms with Crippen molar-refractivity contribution in [1.82, 2.24) is 30.7 Å². The van der Waals surface area contributed by atoms with Crippen LogP contribution in [-0.4, -0.2) is 79.5 Å². The smallest absolute Gasteiger partial charge is 0.276 e. The van der Waals surface area contributed by atoms with Gasteiger partial charge in [-0.1, -0.05) is 11.2 Å². The number of hydrogen-bond donors (Lipinski definition) is 2. The molecule has 0 aliphatic rings. The van der Waals surface area contributed by atoms with Crippen molar-refractivity contribution in [3.63, 3.8) is 0 Å². The number of methoxy groups -OCH3 is 1. The van der Waals surface area contributed by atoms with E-state index in [4.69, 9.17) is 9.26 Å². The molecule has 0 aromatic carbocycles. The zero-order valence-electron chi connectivity index (χ0n) is 17.4. The van der Waals surface area contributed by atoms with E-state index in [1.807, 2.05) is 25.1 Å². The van der Waals surface area contributed by atoms with Crippen molar-refractivity contribution in [2.75, 3.05) is 53.5 Å². The van der Waals surface area contributed by atoms with Gasteiger partial charge in [-0.15, -0.1) is 24.0 Å². The molecule has 0 spiro atoms. The zero-order valence-corrected chi connectivity index (χ0v) is 19.8. The van der Waals surface area contributed by atoms with Crippen LogP contribution in [0.5, 0.6) is 0 Å². The number of aromatic nitrogens is 3. The summed E-state index contributed by atoms with van der Waals surface area (Å²) < 4.78 is 10.4. The minimum atomic E-state index is 0. The highest BCUT2D eigenvalue weighted by Gasteiger charge is 2.09. The van der Waals surface area contributed by atoms with E-state index in [1.165, 1.54) is 0 Å². The number of guanidine groups is 1. The molecular weight excluding hydrogens is 485 g/mol. The maximum absolute atomic E-state index is 5.28. The van der Waals surface area contributed by atoms with Gasteiger partial charge in [0, 0.05) is 52.5 Å². The molecule has 0 radical (unpaired) electrons. The van der Waals surface area contributed by atoms with Crippen LogP contribution in [0, 0.1) is 0 Å². The van der Waals surface area contributed by atoms with Gasteiger partial charge in [0.2, 0.25) is 0 Å². The number of aliphatic imine (C=N–C) groups is 1. The molecule has 9 nitrogen and oxygen atoms in total. The zero-order chi connectivity index (χ0) is 20.0. The molecule has 10 heteroatoms. The summed E-state index contributed by atoms with van der Waals surface area (Å²) in [6.45, 7) is 6.94. The third kappa shape index (κ3) is 9.99. The summed E-state index contributed by atoms with van der Waals surface area (Å²) in [5, 5.41) is 10.6. The third-order valence-corrected chi connectivity index (χ3v) is 3.98. The lowest BCUT2D eigenvalue weighted by Gasteiger charge is -2.16. The lowest BCUT2D eigenvalue weighted by Crippen LogP contribution is -2.39. The Balaban J connectivity index is 0.00000420. The number of nitrogens with zero attached hydrogens (tertiary/aromatic N) is 5. The number of halogens is 1. The number of pyridine rings is 1. The molecule has 2 rings (SSSR count). The Morgan fingerprint density at radius 1 is 1.28 bits per heavy atom. The van der Waals surface area contributed by atoms with Crippen molar-refractivity contribution in [2.24, 2.45) is 4.99 Å². The second-order valence-corrected chi connectivity index (χ2v) is 6.32. The van der Waals surface area contributed by atoms with Crippen LogP contribution in [0.15, 0.2) is 33.9 Å². The number of hydrogen-bond acceptors (Lipinski definition) is 7. The first-order valence-electron chi connectivity index (χ1n) is 9.66. The fourth-order valence-corrected chi connectivity index (χ4v) is 2.51. The lowest BCUT2D eigenvalue weighted by molar-refractivity contribution is 0.180. The topological polar surface area (TPSA) is 101 Å². The average molecular weight is 517 g/mol. The molecule has 0 aliphatic carbocycles. The Labute approximate surface area is 189 Å². The van der Waals surface area contributed by atoms with Gasteiger partial charge in [-0.2, -0.15) is 4.98 Å². The molecule has 2 aromatic rings. The first-order chi connectivity index (χ1) is 13.7. The van der Waals surface area contributed by atoms with Gasteiger partial charge >= 0.3 is 0 Å². The van der Waals surface area contributed by atoms with Gasteiger partial charge in [0.1, 0.15) is 5.69 Å². The molecule has 0 saturated carbocycles. The normalized spacial score (nSPS) is 11.4. The molecule has 2 N–H and O–H groups in total. The highest BCUT2D eigenvalue weighted by molar-refractivity contribution is 14.0. The van der Waals surface area contributed by atoms with Crippen molar-refractivity contribution in [3.05, 3.63) is 30.2 Å². The van der Waals surface area contributed by atoms with Crippen molar-refractivity contribution >= 4 is 29.9 Å². The van der Waals surface area contributed by atoms with E-state index in [2.05, 4.69) is 42.7 Å². The van der Waals surface area contributed by atoms with Gasteiger partial charge in [-0.05, 0) is 32.5 Å². The van der Waals surface area contributed by atoms with E-state index in [0.717, 1.165) is 45.2 Å². The van der Waals surface area contributed by atoms with Crippen molar-refractivity contribution < 1.29 is 9.26 Å². The third-order valence-electron chi connectivity index (χ3n) is 3.98. The Kier molecular flexibility index (Phi) is 13.1. The van der Waals surface area contributed by atoms with Gasteiger partial charge in [0.15, 0.2) is 11.8 Å². The van der Waals surface area contributed by atoms with Gasteiger partial charge in [-0.3, -0.25) is 9.98 Å². The summed E-state index contributed by atoms with van der Waals surface area (Å²) in [4.78, 5) is 15.5. The largest absolute Gasteiger partial charge is 0.385 e. The van der Waals surface area contributed by atoms with Crippen molar-refractivity contribution in [2.45, 2.75) is 19.8 Å². The van der Waals surface area contributed by atoms with Crippen LogP contribution in [0.2, 0.25) is 0 Å². The molecule has 0 fully saturated rings. The Morgan fingerprint density at radius 2 is 2.14 bits per heavy atom. The monoisotopic (exact) mass is 517 g/mol. The van der Waals surface area contributed by atoms with Crippen LogP contribution in [0.25, 0.3) is 11.6 Å². The molecule has 0 aliphatic heterocycles. The minimum absolute atomic E-state index is 0. The quantitative estimate of drug-likeness (QED) is 0.190. The molecule has 162 valence electrons. The van der Waals surface area contributed by atoms with Crippen molar-refractivity contribution in [3.8, 4) is 11.6 Å². The number of ether oxygens (including phenoxy) is 1. The maximum atomic E-state index is 5.28. The number of nitrogens with one attached hydrogen (secondary N) is 2. The molecular formula is C19H32IN7O2. The van der Waals surface area contributed by atoms with Gasteiger partial charge in [0.05, 0.1) is 6.54 Å². The highest BCUT2D eigenvalue weighted by Crippen LogP contribution is 2.12. The first kappa shape index (κ1) is 25.2. The first-order valence-corrected chi connectivity index (χ1v) is 9.66. The average Bonchev–Trinajstić information content (AvgIpc) is 3.18. The van der Waals surface area contributed by atoms with Crippen molar-refractivity contribution in [1.29, 1.82) is 0 Å².